The number of fused-ring (bicyclic) bond motifs is 2. The lowest BCUT2D eigenvalue weighted by atomic mass is 9.66. The zero-order chi connectivity index (χ0) is 15.9. The van der Waals surface area contributed by atoms with Crippen molar-refractivity contribution in [1.82, 2.24) is 0 Å². The molecule has 5 nitrogen and oxygen atoms in total. The van der Waals surface area contributed by atoms with Crippen molar-refractivity contribution in [2.45, 2.75) is 43.7 Å². The molecule has 23 heavy (non-hydrogen) atoms. The highest BCUT2D eigenvalue weighted by Crippen LogP contribution is 2.45. The zero-order valence-electron chi connectivity index (χ0n) is 13.3. The van der Waals surface area contributed by atoms with Crippen molar-refractivity contribution in [2.24, 2.45) is 5.92 Å². The highest BCUT2D eigenvalue weighted by Gasteiger charge is 2.51. The molecular formula is C18H23N2O3+. The van der Waals surface area contributed by atoms with Crippen LogP contribution in [0.2, 0.25) is 0 Å². The molecule has 0 aromatic heterocycles. The summed E-state index contributed by atoms with van der Waals surface area (Å²) in [5.41, 5.74) is 0.586. The van der Waals surface area contributed by atoms with Crippen molar-refractivity contribution in [1.29, 1.82) is 5.26 Å². The second kappa shape index (κ2) is 5.70. The Bertz CT molecular complexity index is 642. The minimum atomic E-state index is -0.571. The number of rotatable bonds is 2. The minimum absolute atomic E-state index is 0.156. The molecule has 2 fully saturated rings. The molecule has 1 unspecified atom stereocenters. The average molecular weight is 315 g/mol. The van der Waals surface area contributed by atoms with Gasteiger partial charge in [0, 0.05) is 17.9 Å². The Morgan fingerprint density at radius 2 is 2.13 bits per heavy atom. The predicted octanol–water partition coefficient (Wildman–Crippen LogP) is 1.19. The van der Waals surface area contributed by atoms with Crippen LogP contribution < -0.4 is 14.4 Å². The van der Waals surface area contributed by atoms with Crippen LogP contribution in [0.5, 0.6) is 11.5 Å². The van der Waals surface area contributed by atoms with Gasteiger partial charge in [-0.15, -0.1) is 0 Å². The van der Waals surface area contributed by atoms with Gasteiger partial charge in [0.15, 0.2) is 18.0 Å². The minimum Gasteiger partial charge on any atom is -0.454 e. The lowest BCUT2D eigenvalue weighted by Gasteiger charge is -2.49. The number of hydrogen-bond acceptors (Lipinski definition) is 4. The third-order valence-electron chi connectivity index (χ3n) is 5.85. The smallest absolute Gasteiger partial charge is 0.231 e. The number of quaternary nitrogens is 1. The number of hydrogen-bond donors (Lipinski definition) is 2. The van der Waals surface area contributed by atoms with Gasteiger partial charge in [-0.3, -0.25) is 0 Å². The molecular weight excluding hydrogens is 292 g/mol. The summed E-state index contributed by atoms with van der Waals surface area (Å²) in [6, 6.07) is 8.56. The van der Waals surface area contributed by atoms with Gasteiger partial charge >= 0.3 is 0 Å². The molecule has 4 atom stereocenters. The van der Waals surface area contributed by atoms with Gasteiger partial charge in [-0.1, -0.05) is 12.8 Å². The van der Waals surface area contributed by atoms with E-state index in [9.17, 15) is 10.4 Å². The molecule has 0 radical (unpaired) electrons. The highest BCUT2D eigenvalue weighted by molar-refractivity contribution is 5.45. The van der Waals surface area contributed by atoms with E-state index in [2.05, 4.69) is 12.1 Å². The molecule has 1 aliphatic carbocycles. The molecule has 1 aromatic carbocycles. The fourth-order valence-corrected chi connectivity index (χ4v) is 4.73. The van der Waals surface area contributed by atoms with Gasteiger partial charge in [0.2, 0.25) is 6.79 Å². The quantitative estimate of drug-likeness (QED) is 0.805. The maximum Gasteiger partial charge on any atom is 0.231 e. The molecule has 4 rings (SSSR count). The van der Waals surface area contributed by atoms with Gasteiger partial charge in [0.25, 0.3) is 0 Å². The summed E-state index contributed by atoms with van der Waals surface area (Å²) < 4.78 is 10.9. The summed E-state index contributed by atoms with van der Waals surface area (Å²) in [6.45, 7) is 1.59. The number of piperidine rings is 1. The van der Waals surface area contributed by atoms with Crippen molar-refractivity contribution in [3.8, 4) is 17.6 Å². The Balaban J connectivity index is 1.72. The number of likely N-dealkylation sites (tertiary alicyclic amines) is 1. The second-order valence-electron chi connectivity index (χ2n) is 7.04. The van der Waals surface area contributed by atoms with Crippen LogP contribution in [0.3, 0.4) is 0 Å². The number of nitrogens with zero attached hydrogens (tertiary/aromatic N) is 1. The van der Waals surface area contributed by atoms with Crippen molar-refractivity contribution in [2.75, 3.05) is 19.9 Å². The molecule has 5 heteroatoms. The van der Waals surface area contributed by atoms with Crippen molar-refractivity contribution in [3.63, 3.8) is 0 Å². The third kappa shape index (κ3) is 2.46. The number of aliphatic hydroxyl groups is 1. The zero-order valence-corrected chi connectivity index (χ0v) is 13.3. The molecule has 2 aliphatic heterocycles. The van der Waals surface area contributed by atoms with E-state index in [1.165, 1.54) is 4.90 Å². The monoisotopic (exact) mass is 315 g/mol. The van der Waals surface area contributed by atoms with Gasteiger partial charge in [-0.05, 0) is 31.0 Å². The summed E-state index contributed by atoms with van der Waals surface area (Å²) in [5, 5.41) is 20.4. The summed E-state index contributed by atoms with van der Waals surface area (Å²) >= 11 is 0. The van der Waals surface area contributed by atoms with E-state index in [4.69, 9.17) is 9.47 Å². The Morgan fingerprint density at radius 1 is 1.26 bits per heavy atom. The SMILES string of the molecule is N#CC[NH+]1CC[C@@]2(O)CCCC[C@H]2[C@@H]1c1ccc2c(c1)OCO2. The average Bonchev–Trinajstić information content (AvgIpc) is 3.02. The van der Waals surface area contributed by atoms with Crippen LogP contribution in [0.1, 0.15) is 43.7 Å². The summed E-state index contributed by atoms with van der Waals surface area (Å²) in [6.07, 6.45) is 4.99. The first kappa shape index (κ1) is 14.8. The summed E-state index contributed by atoms with van der Waals surface area (Å²) in [5.74, 6) is 1.78. The Morgan fingerprint density at radius 3 is 3.00 bits per heavy atom. The molecule has 122 valence electrons. The van der Waals surface area contributed by atoms with Gasteiger partial charge in [-0.25, -0.2) is 0 Å². The topological polar surface area (TPSA) is 66.9 Å². The third-order valence-corrected chi connectivity index (χ3v) is 5.85. The first-order valence-corrected chi connectivity index (χ1v) is 8.55. The molecule has 0 spiro atoms. The summed E-state index contributed by atoms with van der Waals surface area (Å²) in [4.78, 5) is 1.27. The highest BCUT2D eigenvalue weighted by atomic mass is 16.7. The van der Waals surface area contributed by atoms with Crippen LogP contribution in [0.25, 0.3) is 0 Å². The normalized spacial score (nSPS) is 35.4. The van der Waals surface area contributed by atoms with Gasteiger partial charge in [0.05, 0.1) is 12.1 Å². The number of nitriles is 1. The van der Waals surface area contributed by atoms with Crippen molar-refractivity contribution >= 4 is 0 Å². The largest absolute Gasteiger partial charge is 0.454 e. The standard InChI is InChI=1S/C18H22N2O3/c19-8-10-20-9-7-18(21)6-2-1-3-14(18)17(20)13-4-5-15-16(11-13)23-12-22-15/h4-5,11,14,17,21H,1-3,6-7,9-10,12H2/p+1/t14-,17-,18-/m0/s1. The van der Waals surface area contributed by atoms with E-state index in [0.717, 1.165) is 55.7 Å². The maximum atomic E-state index is 11.2. The lowest BCUT2D eigenvalue weighted by Crippen LogP contribution is -3.15. The second-order valence-corrected chi connectivity index (χ2v) is 7.04. The van der Waals surface area contributed by atoms with Crippen LogP contribution in [0.15, 0.2) is 18.2 Å². The van der Waals surface area contributed by atoms with Crippen molar-refractivity contribution < 1.29 is 19.5 Å². The number of ether oxygens (including phenoxy) is 2. The molecule has 0 amide bonds. The molecule has 0 bridgehead atoms. The van der Waals surface area contributed by atoms with E-state index in [1.807, 2.05) is 12.1 Å². The van der Waals surface area contributed by atoms with Gasteiger partial charge in [0.1, 0.15) is 12.1 Å². The first-order valence-electron chi connectivity index (χ1n) is 8.55. The van der Waals surface area contributed by atoms with Crippen LogP contribution >= 0.6 is 0 Å². The molecule has 1 aromatic rings. The first-order chi connectivity index (χ1) is 11.2. The Kier molecular flexibility index (Phi) is 3.67. The molecule has 1 saturated heterocycles. The number of nitrogens with one attached hydrogen (secondary N) is 1. The molecule has 3 aliphatic rings. The van der Waals surface area contributed by atoms with Gasteiger partial charge in [-0.2, -0.15) is 5.26 Å². The molecule has 2 N–H and O–H groups in total. The van der Waals surface area contributed by atoms with E-state index in [0.29, 0.717) is 6.54 Å². The fourth-order valence-electron chi connectivity index (χ4n) is 4.73. The van der Waals surface area contributed by atoms with E-state index in [1.54, 1.807) is 0 Å². The van der Waals surface area contributed by atoms with Crippen LogP contribution in [-0.4, -0.2) is 30.6 Å². The van der Waals surface area contributed by atoms with Gasteiger partial charge < -0.3 is 19.5 Å². The Labute approximate surface area is 136 Å². The molecule has 2 heterocycles. The predicted molar refractivity (Wildman–Crippen MR) is 83.1 cm³/mol. The molecule has 1 saturated carbocycles. The summed E-state index contributed by atoms with van der Waals surface area (Å²) in [7, 11) is 0. The van der Waals surface area contributed by atoms with E-state index >= 15 is 0 Å². The van der Waals surface area contributed by atoms with E-state index in [-0.39, 0.29) is 18.8 Å². The Hall–Kier alpha value is -1.77. The van der Waals surface area contributed by atoms with Crippen LogP contribution in [0.4, 0.5) is 0 Å². The fraction of sp³-hybridized carbons (Fsp3) is 0.611. The van der Waals surface area contributed by atoms with Crippen LogP contribution in [0, 0.1) is 17.2 Å². The number of benzene rings is 1. The maximum absolute atomic E-state index is 11.2. The van der Waals surface area contributed by atoms with Crippen LogP contribution in [-0.2, 0) is 0 Å². The lowest BCUT2D eigenvalue weighted by molar-refractivity contribution is -0.938. The van der Waals surface area contributed by atoms with E-state index < -0.39 is 5.60 Å². The van der Waals surface area contributed by atoms with Crippen molar-refractivity contribution in [3.05, 3.63) is 23.8 Å².